The lowest BCUT2D eigenvalue weighted by Gasteiger charge is -2.41. The summed E-state index contributed by atoms with van der Waals surface area (Å²) < 4.78 is 46.4. The van der Waals surface area contributed by atoms with Gasteiger partial charge < -0.3 is 10.5 Å². The molecule has 134 valence electrons. The van der Waals surface area contributed by atoms with Crippen LogP contribution in [0.3, 0.4) is 0 Å². The molecule has 8 heteroatoms. The van der Waals surface area contributed by atoms with Gasteiger partial charge >= 0.3 is 0 Å². The lowest BCUT2D eigenvalue weighted by molar-refractivity contribution is -0.0550. The Morgan fingerprint density at radius 1 is 1.20 bits per heavy atom. The molecule has 25 heavy (non-hydrogen) atoms. The molecule has 0 bridgehead atoms. The summed E-state index contributed by atoms with van der Waals surface area (Å²) in [4.78, 5) is 2.26. The molecule has 2 aromatic rings. The van der Waals surface area contributed by atoms with Gasteiger partial charge in [-0.15, -0.1) is 0 Å². The van der Waals surface area contributed by atoms with Crippen LogP contribution in [0.2, 0.25) is 0 Å². The Hall–Kier alpha value is -1.90. The van der Waals surface area contributed by atoms with E-state index in [0.717, 1.165) is 31.3 Å². The van der Waals surface area contributed by atoms with Crippen molar-refractivity contribution in [2.45, 2.75) is 37.6 Å². The van der Waals surface area contributed by atoms with Crippen LogP contribution in [-0.2, 0) is 17.7 Å². The number of aromatic nitrogens is 2. The number of halogens is 3. The van der Waals surface area contributed by atoms with Crippen LogP contribution >= 0.6 is 0 Å². The molecule has 4 rings (SSSR count). The van der Waals surface area contributed by atoms with Gasteiger partial charge in [0.15, 0.2) is 11.6 Å². The number of ether oxygens (including phenoxy) is 1. The molecule has 1 aromatic heterocycles. The lowest BCUT2D eigenvalue weighted by Crippen LogP contribution is -2.50. The van der Waals surface area contributed by atoms with E-state index in [0.29, 0.717) is 19.1 Å². The second kappa shape index (κ2) is 6.44. The average molecular weight is 352 g/mol. The third-order valence-corrected chi connectivity index (χ3v) is 5.10. The summed E-state index contributed by atoms with van der Waals surface area (Å²) in [6, 6.07) is 0.974. The molecule has 2 aliphatic rings. The molecular weight excluding hydrogens is 333 g/mol. The number of H-pyrrole nitrogens is 1. The minimum absolute atomic E-state index is 0.0284. The first-order valence-corrected chi connectivity index (χ1v) is 8.29. The topological polar surface area (TPSA) is 67.2 Å². The lowest BCUT2D eigenvalue weighted by atomic mass is 9.92. The van der Waals surface area contributed by atoms with E-state index in [-0.39, 0.29) is 11.6 Å². The van der Waals surface area contributed by atoms with Gasteiger partial charge in [0, 0.05) is 36.8 Å². The number of nitrogens with two attached hydrogens (primary N) is 1. The van der Waals surface area contributed by atoms with Gasteiger partial charge in [0.2, 0.25) is 0 Å². The average Bonchev–Trinajstić information content (AvgIpc) is 3.06. The van der Waals surface area contributed by atoms with Gasteiger partial charge in [-0.2, -0.15) is 5.10 Å². The van der Waals surface area contributed by atoms with Crippen molar-refractivity contribution in [3.63, 3.8) is 0 Å². The first kappa shape index (κ1) is 16.6. The molecular formula is C17H19F3N4O. The molecule has 0 spiro atoms. The van der Waals surface area contributed by atoms with Crippen LogP contribution in [0.4, 0.5) is 13.2 Å². The second-order valence-electron chi connectivity index (χ2n) is 6.69. The summed E-state index contributed by atoms with van der Waals surface area (Å²) in [6.07, 6.45) is 2.56. The zero-order chi connectivity index (χ0) is 17.6. The van der Waals surface area contributed by atoms with Crippen molar-refractivity contribution in [3.8, 4) is 0 Å². The largest absolute Gasteiger partial charge is 0.370 e. The minimum Gasteiger partial charge on any atom is -0.370 e. The zero-order valence-electron chi connectivity index (χ0n) is 13.5. The number of nitrogens with zero attached hydrogens (tertiary/aromatic N) is 2. The molecule has 1 fully saturated rings. The Morgan fingerprint density at radius 3 is 2.80 bits per heavy atom. The number of hydrogen-bond donors (Lipinski definition) is 2. The molecule has 2 aliphatic heterocycles. The van der Waals surface area contributed by atoms with Gasteiger partial charge in [-0.1, -0.05) is 0 Å². The number of benzene rings is 1. The van der Waals surface area contributed by atoms with E-state index in [1.54, 1.807) is 0 Å². The van der Waals surface area contributed by atoms with Crippen LogP contribution in [0.1, 0.15) is 29.3 Å². The Bertz CT molecular complexity index is 781. The molecule has 3 atom stereocenters. The van der Waals surface area contributed by atoms with E-state index in [2.05, 4.69) is 15.1 Å². The van der Waals surface area contributed by atoms with E-state index in [1.807, 2.05) is 6.20 Å². The van der Waals surface area contributed by atoms with Crippen molar-refractivity contribution in [3.05, 3.63) is 52.6 Å². The molecule has 0 aliphatic carbocycles. The van der Waals surface area contributed by atoms with Crippen molar-refractivity contribution in [1.29, 1.82) is 0 Å². The highest BCUT2D eigenvalue weighted by Gasteiger charge is 2.36. The predicted octanol–water partition coefficient (Wildman–Crippen LogP) is 2.04. The third-order valence-electron chi connectivity index (χ3n) is 5.10. The Morgan fingerprint density at radius 2 is 2.00 bits per heavy atom. The van der Waals surface area contributed by atoms with Gasteiger partial charge in [0.25, 0.3) is 0 Å². The number of fused-ring (bicyclic) bond motifs is 1. The fraction of sp³-hybridized carbons (Fsp3) is 0.471. The summed E-state index contributed by atoms with van der Waals surface area (Å²) in [7, 11) is 0. The molecule has 5 nitrogen and oxygen atoms in total. The fourth-order valence-corrected chi connectivity index (χ4v) is 3.72. The summed E-state index contributed by atoms with van der Waals surface area (Å²) in [5.74, 6) is -3.15. The predicted molar refractivity (Wildman–Crippen MR) is 84.1 cm³/mol. The Labute approximate surface area is 143 Å². The van der Waals surface area contributed by atoms with Crippen molar-refractivity contribution < 1.29 is 17.9 Å². The van der Waals surface area contributed by atoms with Crippen LogP contribution in [0.15, 0.2) is 18.3 Å². The van der Waals surface area contributed by atoms with Gasteiger partial charge in [-0.05, 0) is 24.5 Å². The van der Waals surface area contributed by atoms with Crippen molar-refractivity contribution in [2.24, 2.45) is 5.73 Å². The molecule has 0 saturated carbocycles. The van der Waals surface area contributed by atoms with Gasteiger partial charge in [-0.25, -0.2) is 13.2 Å². The number of hydrogen-bond acceptors (Lipinski definition) is 4. The molecule has 2 unspecified atom stereocenters. The number of nitrogens with one attached hydrogen (secondary N) is 1. The van der Waals surface area contributed by atoms with Crippen LogP contribution in [0.5, 0.6) is 0 Å². The molecule has 3 heterocycles. The maximum Gasteiger partial charge on any atom is 0.161 e. The highest BCUT2D eigenvalue weighted by atomic mass is 19.2. The van der Waals surface area contributed by atoms with Gasteiger partial charge in [0.1, 0.15) is 11.9 Å². The summed E-state index contributed by atoms with van der Waals surface area (Å²) in [5.41, 5.74) is 8.47. The monoisotopic (exact) mass is 352 g/mol. The molecule has 0 radical (unpaired) electrons. The van der Waals surface area contributed by atoms with E-state index >= 15 is 0 Å². The Kier molecular flexibility index (Phi) is 4.26. The standard InChI is InChI=1S/C17H19F3N4O/c18-12-5-14(20)13(19)4-11(12)17-15(21)3-10(8-25-17)24-2-1-9-6-22-23-16(9)7-24/h4-6,10,15,17H,1-3,7-8,21H2,(H,22,23)/t10?,15?,17-/m1/s1. The maximum atomic E-state index is 14.0. The third kappa shape index (κ3) is 3.05. The molecule has 3 N–H and O–H groups in total. The van der Waals surface area contributed by atoms with Crippen LogP contribution in [0, 0.1) is 17.5 Å². The van der Waals surface area contributed by atoms with E-state index in [1.165, 1.54) is 5.56 Å². The second-order valence-corrected chi connectivity index (χ2v) is 6.69. The number of aromatic amines is 1. The first-order chi connectivity index (χ1) is 12.0. The van der Waals surface area contributed by atoms with E-state index in [4.69, 9.17) is 10.5 Å². The van der Waals surface area contributed by atoms with Gasteiger partial charge in [-0.3, -0.25) is 10.00 Å². The van der Waals surface area contributed by atoms with E-state index < -0.39 is 29.6 Å². The van der Waals surface area contributed by atoms with Crippen LogP contribution < -0.4 is 5.73 Å². The molecule has 1 saturated heterocycles. The fourth-order valence-electron chi connectivity index (χ4n) is 3.72. The van der Waals surface area contributed by atoms with Gasteiger partial charge in [0.05, 0.1) is 18.5 Å². The number of rotatable bonds is 2. The molecule has 1 aromatic carbocycles. The summed E-state index contributed by atoms with van der Waals surface area (Å²) in [6.45, 7) is 1.97. The zero-order valence-corrected chi connectivity index (χ0v) is 13.5. The van der Waals surface area contributed by atoms with Crippen LogP contribution in [0.25, 0.3) is 0 Å². The van der Waals surface area contributed by atoms with Crippen molar-refractivity contribution >= 4 is 0 Å². The highest BCUT2D eigenvalue weighted by Crippen LogP contribution is 2.33. The summed E-state index contributed by atoms with van der Waals surface area (Å²) in [5, 5.41) is 7.06. The minimum atomic E-state index is -1.22. The molecule has 0 amide bonds. The van der Waals surface area contributed by atoms with Crippen molar-refractivity contribution in [2.75, 3.05) is 13.2 Å². The maximum absolute atomic E-state index is 14.0. The van der Waals surface area contributed by atoms with Crippen LogP contribution in [-0.4, -0.2) is 40.3 Å². The normalized spacial score (nSPS) is 27.3. The quantitative estimate of drug-likeness (QED) is 0.812. The Balaban J connectivity index is 1.47. The smallest absolute Gasteiger partial charge is 0.161 e. The van der Waals surface area contributed by atoms with Crippen molar-refractivity contribution in [1.82, 2.24) is 15.1 Å². The van der Waals surface area contributed by atoms with E-state index in [9.17, 15) is 13.2 Å². The first-order valence-electron chi connectivity index (χ1n) is 8.29. The SMILES string of the molecule is NC1CC(N2CCc3cn[nH]c3C2)CO[C@@H]1c1cc(F)c(F)cc1F. The highest BCUT2D eigenvalue weighted by molar-refractivity contribution is 5.24. The summed E-state index contributed by atoms with van der Waals surface area (Å²) >= 11 is 0.